The normalized spacial score (nSPS) is 16.8. The van der Waals surface area contributed by atoms with Crippen molar-refractivity contribution in [1.82, 2.24) is 5.32 Å². The van der Waals surface area contributed by atoms with Gasteiger partial charge in [-0.1, -0.05) is 12.1 Å². The summed E-state index contributed by atoms with van der Waals surface area (Å²) in [6, 6.07) is 8.25. The lowest BCUT2D eigenvalue weighted by Gasteiger charge is -2.19. The van der Waals surface area contributed by atoms with E-state index in [0.717, 1.165) is 38.3 Å². The van der Waals surface area contributed by atoms with Crippen LogP contribution in [-0.4, -0.2) is 32.4 Å². The Labute approximate surface area is 103 Å². The molecule has 1 aromatic carbocycles. The Kier molecular flexibility index (Phi) is 4.02. The summed E-state index contributed by atoms with van der Waals surface area (Å²) in [5.41, 5.74) is 1.27. The fourth-order valence-corrected chi connectivity index (χ4v) is 1.87. The Hall–Kier alpha value is -1.06. The SMILES string of the molecule is COCCNCC1(Oc2cccc(C)c2)CC1. The van der Waals surface area contributed by atoms with Gasteiger partial charge in [0.1, 0.15) is 11.4 Å². The fraction of sp³-hybridized carbons (Fsp3) is 0.571. The molecule has 1 aliphatic rings. The van der Waals surface area contributed by atoms with Gasteiger partial charge < -0.3 is 14.8 Å². The summed E-state index contributed by atoms with van der Waals surface area (Å²) in [5, 5.41) is 3.37. The standard InChI is InChI=1S/C14H21NO2/c1-12-4-3-5-13(10-12)17-14(6-7-14)11-15-8-9-16-2/h3-5,10,15H,6-9,11H2,1-2H3. The van der Waals surface area contributed by atoms with Gasteiger partial charge in [-0.15, -0.1) is 0 Å². The van der Waals surface area contributed by atoms with E-state index in [2.05, 4.69) is 24.4 Å². The third-order valence-electron chi connectivity index (χ3n) is 3.06. The molecule has 0 saturated heterocycles. The van der Waals surface area contributed by atoms with Crippen LogP contribution in [0.2, 0.25) is 0 Å². The number of benzene rings is 1. The van der Waals surface area contributed by atoms with Crippen LogP contribution in [0.4, 0.5) is 0 Å². The molecule has 0 radical (unpaired) electrons. The molecular formula is C14H21NO2. The van der Waals surface area contributed by atoms with E-state index in [-0.39, 0.29) is 5.60 Å². The van der Waals surface area contributed by atoms with Crippen molar-refractivity contribution in [3.05, 3.63) is 29.8 Å². The summed E-state index contributed by atoms with van der Waals surface area (Å²) < 4.78 is 11.1. The molecule has 0 unspecified atom stereocenters. The molecule has 0 amide bonds. The number of rotatable bonds is 7. The van der Waals surface area contributed by atoms with Crippen molar-refractivity contribution in [1.29, 1.82) is 0 Å². The van der Waals surface area contributed by atoms with Crippen molar-refractivity contribution >= 4 is 0 Å². The summed E-state index contributed by atoms with van der Waals surface area (Å²) >= 11 is 0. The maximum Gasteiger partial charge on any atom is 0.122 e. The lowest BCUT2D eigenvalue weighted by atomic mass is 10.2. The summed E-state index contributed by atoms with van der Waals surface area (Å²) in [4.78, 5) is 0. The molecule has 1 saturated carbocycles. The van der Waals surface area contributed by atoms with E-state index >= 15 is 0 Å². The van der Waals surface area contributed by atoms with Crippen LogP contribution in [0.5, 0.6) is 5.75 Å². The van der Waals surface area contributed by atoms with Crippen LogP contribution in [0, 0.1) is 6.92 Å². The monoisotopic (exact) mass is 235 g/mol. The average Bonchev–Trinajstić information content (AvgIpc) is 3.05. The van der Waals surface area contributed by atoms with E-state index in [1.165, 1.54) is 5.56 Å². The van der Waals surface area contributed by atoms with E-state index in [9.17, 15) is 0 Å². The Morgan fingerprint density at radius 3 is 2.82 bits per heavy atom. The zero-order valence-electron chi connectivity index (χ0n) is 10.7. The van der Waals surface area contributed by atoms with E-state index in [4.69, 9.17) is 9.47 Å². The first-order chi connectivity index (χ1) is 8.24. The molecule has 1 fully saturated rings. The zero-order valence-corrected chi connectivity index (χ0v) is 10.7. The molecule has 0 heterocycles. The molecule has 3 nitrogen and oxygen atoms in total. The molecule has 1 N–H and O–H groups in total. The number of nitrogens with one attached hydrogen (secondary N) is 1. The van der Waals surface area contributed by atoms with Crippen molar-refractivity contribution < 1.29 is 9.47 Å². The van der Waals surface area contributed by atoms with Gasteiger partial charge in [0.15, 0.2) is 0 Å². The van der Waals surface area contributed by atoms with Crippen molar-refractivity contribution in [2.75, 3.05) is 26.8 Å². The van der Waals surface area contributed by atoms with Gasteiger partial charge in [0, 0.05) is 20.2 Å². The number of ether oxygens (including phenoxy) is 2. The maximum absolute atomic E-state index is 6.07. The highest BCUT2D eigenvalue weighted by molar-refractivity contribution is 5.29. The topological polar surface area (TPSA) is 30.5 Å². The third kappa shape index (κ3) is 3.72. The van der Waals surface area contributed by atoms with Gasteiger partial charge in [-0.25, -0.2) is 0 Å². The van der Waals surface area contributed by atoms with Crippen molar-refractivity contribution in [3.63, 3.8) is 0 Å². The molecule has 0 atom stereocenters. The van der Waals surface area contributed by atoms with Gasteiger partial charge in [0.25, 0.3) is 0 Å². The first-order valence-corrected chi connectivity index (χ1v) is 6.19. The summed E-state index contributed by atoms with van der Waals surface area (Å²) in [6.07, 6.45) is 2.28. The minimum absolute atomic E-state index is 0.0293. The molecule has 1 aliphatic carbocycles. The van der Waals surface area contributed by atoms with Gasteiger partial charge in [-0.2, -0.15) is 0 Å². The van der Waals surface area contributed by atoms with Gasteiger partial charge >= 0.3 is 0 Å². The number of hydrogen-bond donors (Lipinski definition) is 1. The lowest BCUT2D eigenvalue weighted by Crippen LogP contribution is -2.35. The molecule has 94 valence electrons. The second kappa shape index (κ2) is 5.52. The van der Waals surface area contributed by atoms with Gasteiger partial charge in [-0.05, 0) is 37.5 Å². The Morgan fingerprint density at radius 2 is 2.18 bits per heavy atom. The van der Waals surface area contributed by atoms with Gasteiger partial charge in [0.05, 0.1) is 6.61 Å². The van der Waals surface area contributed by atoms with Crippen molar-refractivity contribution in [2.24, 2.45) is 0 Å². The molecule has 0 aliphatic heterocycles. The molecule has 3 heteroatoms. The first-order valence-electron chi connectivity index (χ1n) is 6.19. The van der Waals surface area contributed by atoms with Crippen LogP contribution in [0.15, 0.2) is 24.3 Å². The Balaban J connectivity index is 1.81. The smallest absolute Gasteiger partial charge is 0.122 e. The minimum Gasteiger partial charge on any atom is -0.486 e. The maximum atomic E-state index is 6.07. The molecule has 0 bridgehead atoms. The predicted molar refractivity (Wildman–Crippen MR) is 68.5 cm³/mol. The van der Waals surface area contributed by atoms with Crippen LogP contribution in [0.25, 0.3) is 0 Å². The average molecular weight is 235 g/mol. The van der Waals surface area contributed by atoms with E-state index < -0.39 is 0 Å². The van der Waals surface area contributed by atoms with E-state index in [1.807, 2.05) is 12.1 Å². The highest BCUT2D eigenvalue weighted by Gasteiger charge is 2.45. The second-order valence-electron chi connectivity index (χ2n) is 4.77. The number of methoxy groups -OCH3 is 1. The third-order valence-corrected chi connectivity index (χ3v) is 3.06. The van der Waals surface area contributed by atoms with Crippen LogP contribution in [0.3, 0.4) is 0 Å². The molecule has 0 spiro atoms. The molecule has 17 heavy (non-hydrogen) atoms. The largest absolute Gasteiger partial charge is 0.486 e. The summed E-state index contributed by atoms with van der Waals surface area (Å²) in [6.45, 7) is 4.63. The van der Waals surface area contributed by atoms with E-state index in [0.29, 0.717) is 0 Å². The van der Waals surface area contributed by atoms with Crippen LogP contribution >= 0.6 is 0 Å². The summed E-state index contributed by atoms with van der Waals surface area (Å²) in [7, 11) is 1.72. The van der Waals surface area contributed by atoms with Crippen molar-refractivity contribution in [2.45, 2.75) is 25.4 Å². The number of aryl methyl sites for hydroxylation is 1. The van der Waals surface area contributed by atoms with E-state index in [1.54, 1.807) is 7.11 Å². The molecule has 1 aromatic rings. The Morgan fingerprint density at radius 1 is 1.35 bits per heavy atom. The van der Waals surface area contributed by atoms with Crippen LogP contribution in [0.1, 0.15) is 18.4 Å². The second-order valence-corrected chi connectivity index (χ2v) is 4.77. The first kappa shape index (κ1) is 12.4. The van der Waals surface area contributed by atoms with Gasteiger partial charge in [-0.3, -0.25) is 0 Å². The highest BCUT2D eigenvalue weighted by Crippen LogP contribution is 2.39. The van der Waals surface area contributed by atoms with Crippen LogP contribution in [-0.2, 0) is 4.74 Å². The fourth-order valence-electron chi connectivity index (χ4n) is 1.87. The minimum atomic E-state index is 0.0293. The zero-order chi connectivity index (χ0) is 12.1. The van der Waals surface area contributed by atoms with Crippen LogP contribution < -0.4 is 10.1 Å². The molecule has 2 rings (SSSR count). The lowest BCUT2D eigenvalue weighted by molar-refractivity contribution is 0.162. The quantitative estimate of drug-likeness (QED) is 0.734. The van der Waals surface area contributed by atoms with Crippen molar-refractivity contribution in [3.8, 4) is 5.75 Å². The highest BCUT2D eigenvalue weighted by atomic mass is 16.5. The number of hydrogen-bond acceptors (Lipinski definition) is 3. The van der Waals surface area contributed by atoms with Gasteiger partial charge in [0.2, 0.25) is 0 Å². The predicted octanol–water partition coefficient (Wildman–Crippen LogP) is 2.14. The Bertz CT molecular complexity index is 361. The summed E-state index contributed by atoms with van der Waals surface area (Å²) in [5.74, 6) is 0.982. The molecule has 0 aromatic heterocycles. The molecular weight excluding hydrogens is 214 g/mol.